The zero-order valence-electron chi connectivity index (χ0n) is 10.4. The fourth-order valence-corrected chi connectivity index (χ4v) is 4.16. The Morgan fingerprint density at radius 2 is 1.58 bits per heavy atom. The monoisotopic (exact) mass is 284 g/mol. The summed E-state index contributed by atoms with van der Waals surface area (Å²) in [6.07, 6.45) is 0. The molecule has 19 heavy (non-hydrogen) atoms. The number of aryl methyl sites for hydroxylation is 1. The van der Waals surface area contributed by atoms with E-state index >= 15 is 0 Å². The standard InChI is InChI=1S/C16H12OS2/c1-11-7-9-13(10-8-11)16-18-14(15(17)19-16)12-5-3-2-4-6-12/h2-10H,1H3. The third-order valence-electron chi connectivity index (χ3n) is 2.89. The maximum absolute atomic E-state index is 12.1. The molecule has 0 unspecified atom stereocenters. The molecule has 2 aromatic carbocycles. The van der Waals surface area contributed by atoms with Gasteiger partial charge in [0.25, 0.3) is 4.19 Å². The molecule has 0 fully saturated rings. The molecule has 0 spiro atoms. The minimum atomic E-state index is 0.145. The van der Waals surface area contributed by atoms with Crippen molar-refractivity contribution in [1.29, 1.82) is 0 Å². The summed E-state index contributed by atoms with van der Waals surface area (Å²) in [5, 5.41) is 12.3. The van der Waals surface area contributed by atoms with Crippen molar-refractivity contribution >= 4 is 22.7 Å². The van der Waals surface area contributed by atoms with Crippen LogP contribution in [0.4, 0.5) is 0 Å². The summed E-state index contributed by atoms with van der Waals surface area (Å²) in [5.41, 5.74) is 3.36. The SMILES string of the molecule is Cc1ccc(-c2sc(-c3ccccc3)c([O-])[s+]2)cc1. The minimum absolute atomic E-state index is 0.145. The van der Waals surface area contributed by atoms with Gasteiger partial charge in [-0.1, -0.05) is 48.0 Å². The second-order valence-corrected chi connectivity index (χ2v) is 6.60. The van der Waals surface area contributed by atoms with Crippen LogP contribution in [0.25, 0.3) is 20.2 Å². The predicted molar refractivity (Wildman–Crippen MR) is 81.7 cm³/mol. The Hall–Kier alpha value is -1.71. The first-order valence-electron chi connectivity index (χ1n) is 6.00. The highest BCUT2D eigenvalue weighted by atomic mass is 32.2. The summed E-state index contributed by atoms with van der Waals surface area (Å²) in [7, 11) is 0. The van der Waals surface area contributed by atoms with Crippen molar-refractivity contribution in [3.05, 3.63) is 60.2 Å². The maximum Gasteiger partial charge on any atom is 0.284 e. The molecule has 0 saturated carbocycles. The molecule has 3 rings (SSSR count). The van der Waals surface area contributed by atoms with Gasteiger partial charge >= 0.3 is 0 Å². The number of rotatable bonds is 2. The van der Waals surface area contributed by atoms with Crippen molar-refractivity contribution in [2.45, 2.75) is 6.92 Å². The molecule has 0 aliphatic heterocycles. The first kappa shape index (κ1) is 12.3. The molecule has 0 radical (unpaired) electrons. The van der Waals surface area contributed by atoms with Gasteiger partial charge in [-0.2, -0.15) is 0 Å². The van der Waals surface area contributed by atoms with Crippen LogP contribution in [0, 0.1) is 6.92 Å². The number of benzene rings is 2. The van der Waals surface area contributed by atoms with Crippen molar-refractivity contribution in [1.82, 2.24) is 0 Å². The summed E-state index contributed by atoms with van der Waals surface area (Å²) < 4.78 is 1.07. The molecule has 3 heteroatoms. The molecule has 0 N–H and O–H groups in total. The Morgan fingerprint density at radius 3 is 2.26 bits per heavy atom. The minimum Gasteiger partial charge on any atom is -0.845 e. The lowest BCUT2D eigenvalue weighted by Gasteiger charge is -1.96. The molecule has 0 aliphatic carbocycles. The highest BCUT2D eigenvalue weighted by Gasteiger charge is 2.19. The molecule has 0 amide bonds. The third-order valence-corrected chi connectivity index (χ3v) is 5.37. The highest BCUT2D eigenvalue weighted by Crippen LogP contribution is 2.45. The van der Waals surface area contributed by atoms with E-state index in [1.807, 2.05) is 30.3 Å². The van der Waals surface area contributed by atoms with Gasteiger partial charge in [-0.25, -0.2) is 0 Å². The van der Waals surface area contributed by atoms with E-state index in [4.69, 9.17) is 0 Å². The van der Waals surface area contributed by atoms with E-state index in [0.29, 0.717) is 0 Å². The molecule has 3 aromatic rings. The van der Waals surface area contributed by atoms with E-state index in [2.05, 4.69) is 31.2 Å². The van der Waals surface area contributed by atoms with Gasteiger partial charge in [-0.15, -0.1) is 0 Å². The van der Waals surface area contributed by atoms with E-state index in [0.717, 1.165) is 20.2 Å². The van der Waals surface area contributed by atoms with Crippen molar-refractivity contribution in [3.63, 3.8) is 0 Å². The zero-order chi connectivity index (χ0) is 13.2. The molecular weight excluding hydrogens is 272 g/mol. The van der Waals surface area contributed by atoms with Crippen LogP contribution in [-0.4, -0.2) is 0 Å². The Labute approximate surface area is 120 Å². The lowest BCUT2D eigenvalue weighted by Crippen LogP contribution is -1.86. The highest BCUT2D eigenvalue weighted by molar-refractivity contribution is 7.39. The lowest BCUT2D eigenvalue weighted by atomic mass is 10.2. The van der Waals surface area contributed by atoms with E-state index in [-0.39, 0.29) is 5.06 Å². The normalized spacial score (nSPS) is 10.6. The quantitative estimate of drug-likeness (QED) is 0.619. The van der Waals surface area contributed by atoms with Crippen LogP contribution >= 0.6 is 22.7 Å². The first-order valence-corrected chi connectivity index (χ1v) is 7.64. The summed E-state index contributed by atoms with van der Waals surface area (Å²) in [4.78, 5) is 0.834. The number of hydrogen-bond acceptors (Lipinski definition) is 2. The van der Waals surface area contributed by atoms with Gasteiger partial charge in [0.2, 0.25) is 0 Å². The summed E-state index contributed by atoms with van der Waals surface area (Å²) >= 11 is 2.91. The Balaban J connectivity index is 2.04. The molecular formula is C16H12OS2. The van der Waals surface area contributed by atoms with Crippen LogP contribution in [0.3, 0.4) is 0 Å². The Bertz CT molecular complexity index is 685. The smallest absolute Gasteiger partial charge is 0.284 e. The Morgan fingerprint density at radius 1 is 0.895 bits per heavy atom. The first-order chi connectivity index (χ1) is 9.24. The van der Waals surface area contributed by atoms with E-state index in [1.165, 1.54) is 16.9 Å². The van der Waals surface area contributed by atoms with Crippen LogP contribution < -0.4 is 5.11 Å². The fraction of sp³-hybridized carbons (Fsp3) is 0.0625. The average Bonchev–Trinajstić information content (AvgIpc) is 2.83. The molecule has 0 saturated heterocycles. The van der Waals surface area contributed by atoms with Crippen LogP contribution in [0.2, 0.25) is 0 Å². The molecule has 0 bridgehead atoms. The van der Waals surface area contributed by atoms with Crippen molar-refractivity contribution in [3.8, 4) is 25.3 Å². The molecule has 94 valence electrons. The third kappa shape index (κ3) is 2.53. The summed E-state index contributed by atoms with van der Waals surface area (Å²) in [6.45, 7) is 2.07. The van der Waals surface area contributed by atoms with Crippen LogP contribution in [0.15, 0.2) is 54.6 Å². The van der Waals surface area contributed by atoms with E-state index in [1.54, 1.807) is 11.3 Å². The van der Waals surface area contributed by atoms with Gasteiger partial charge < -0.3 is 5.11 Å². The predicted octanol–water partition coefficient (Wildman–Crippen LogP) is 4.81. The molecule has 1 nitrogen and oxygen atoms in total. The Kier molecular flexibility index (Phi) is 3.32. The number of hydrogen-bond donors (Lipinski definition) is 0. The second kappa shape index (κ2) is 5.11. The second-order valence-electron chi connectivity index (χ2n) is 4.34. The maximum atomic E-state index is 12.1. The van der Waals surface area contributed by atoms with Crippen LogP contribution in [-0.2, 0) is 0 Å². The van der Waals surface area contributed by atoms with Crippen molar-refractivity contribution in [2.24, 2.45) is 0 Å². The topological polar surface area (TPSA) is 23.1 Å². The van der Waals surface area contributed by atoms with Crippen LogP contribution in [0.5, 0.6) is 5.06 Å². The molecule has 1 heterocycles. The van der Waals surface area contributed by atoms with E-state index < -0.39 is 0 Å². The molecule has 0 aliphatic rings. The zero-order valence-corrected chi connectivity index (χ0v) is 12.1. The van der Waals surface area contributed by atoms with Gasteiger partial charge in [-0.3, -0.25) is 0 Å². The summed E-state index contributed by atoms with van der Waals surface area (Å²) in [6, 6.07) is 18.2. The lowest BCUT2D eigenvalue weighted by molar-refractivity contribution is -0.260. The largest absolute Gasteiger partial charge is 0.845 e. The van der Waals surface area contributed by atoms with Gasteiger partial charge in [0, 0.05) is 11.1 Å². The van der Waals surface area contributed by atoms with Crippen molar-refractivity contribution in [2.75, 3.05) is 0 Å². The average molecular weight is 284 g/mol. The summed E-state index contributed by atoms with van der Waals surface area (Å²) in [5.74, 6) is 0. The van der Waals surface area contributed by atoms with Crippen LogP contribution in [0.1, 0.15) is 5.56 Å². The van der Waals surface area contributed by atoms with Gasteiger partial charge in [0.15, 0.2) is 4.88 Å². The van der Waals surface area contributed by atoms with Gasteiger partial charge in [0.05, 0.1) is 22.7 Å². The molecule has 0 atom stereocenters. The van der Waals surface area contributed by atoms with Gasteiger partial charge in [0.1, 0.15) is 5.06 Å². The van der Waals surface area contributed by atoms with Gasteiger partial charge in [-0.05, 0) is 19.1 Å². The van der Waals surface area contributed by atoms with Crippen molar-refractivity contribution < 1.29 is 5.11 Å². The molecule has 1 aromatic heterocycles. The fourth-order valence-electron chi connectivity index (χ4n) is 1.86. The van der Waals surface area contributed by atoms with E-state index in [9.17, 15) is 5.11 Å².